The summed E-state index contributed by atoms with van der Waals surface area (Å²) in [6, 6.07) is 5.98. The van der Waals surface area contributed by atoms with Crippen LogP contribution in [0.4, 0.5) is 19.0 Å². The fraction of sp³-hybridized carbons (Fsp3) is 0.214. The second kappa shape index (κ2) is 5.13. The molecule has 0 saturated heterocycles. The average molecular weight is 282 g/mol. The molecular weight excluding hydrogens is 269 g/mol. The van der Waals surface area contributed by atoms with Crippen molar-refractivity contribution in [3.8, 4) is 0 Å². The summed E-state index contributed by atoms with van der Waals surface area (Å²) in [5.41, 5.74) is 6.43. The molecule has 0 radical (unpaired) electrons. The molecule has 3 nitrogen and oxygen atoms in total. The molecule has 3 N–H and O–H groups in total. The number of nitrogens with zero attached hydrogens (tertiary/aromatic N) is 1. The van der Waals surface area contributed by atoms with Crippen LogP contribution in [0.1, 0.15) is 28.4 Å². The summed E-state index contributed by atoms with van der Waals surface area (Å²) in [7, 11) is 0. The number of alkyl halides is 3. The van der Waals surface area contributed by atoms with Crippen LogP contribution >= 0.6 is 0 Å². The summed E-state index contributed by atoms with van der Waals surface area (Å²) in [5, 5.41) is 10.2. The van der Waals surface area contributed by atoms with Gasteiger partial charge in [0.2, 0.25) is 0 Å². The smallest absolute Gasteiger partial charge is 0.384 e. The summed E-state index contributed by atoms with van der Waals surface area (Å²) >= 11 is 0. The lowest BCUT2D eigenvalue weighted by atomic mass is 10.00. The van der Waals surface area contributed by atoms with E-state index in [4.69, 9.17) is 5.73 Å². The largest absolute Gasteiger partial charge is 0.416 e. The molecule has 2 aromatic rings. The maximum absolute atomic E-state index is 12.5. The third kappa shape index (κ3) is 2.91. The van der Waals surface area contributed by atoms with E-state index in [-0.39, 0.29) is 5.82 Å². The molecule has 0 aliphatic heterocycles. The number of aliphatic hydroxyl groups excluding tert-OH is 1. The van der Waals surface area contributed by atoms with Crippen molar-refractivity contribution in [2.24, 2.45) is 0 Å². The number of rotatable bonds is 2. The molecule has 1 aromatic carbocycles. The summed E-state index contributed by atoms with van der Waals surface area (Å²) < 4.78 is 37.4. The van der Waals surface area contributed by atoms with Gasteiger partial charge in [-0.2, -0.15) is 13.2 Å². The van der Waals surface area contributed by atoms with Crippen LogP contribution in [0.2, 0.25) is 0 Å². The van der Waals surface area contributed by atoms with Crippen LogP contribution in [-0.4, -0.2) is 10.1 Å². The van der Waals surface area contributed by atoms with Crippen molar-refractivity contribution in [1.82, 2.24) is 4.98 Å². The maximum atomic E-state index is 12.5. The number of benzene rings is 1. The van der Waals surface area contributed by atoms with Gasteiger partial charge < -0.3 is 10.8 Å². The molecule has 0 bridgehead atoms. The van der Waals surface area contributed by atoms with Gasteiger partial charge in [-0.3, -0.25) is 0 Å². The number of aryl methyl sites for hydroxylation is 1. The number of anilines is 1. The minimum Gasteiger partial charge on any atom is -0.384 e. The molecule has 1 aromatic heterocycles. The number of aromatic nitrogens is 1. The Morgan fingerprint density at radius 3 is 2.35 bits per heavy atom. The van der Waals surface area contributed by atoms with E-state index in [1.807, 2.05) is 0 Å². The highest BCUT2D eigenvalue weighted by Gasteiger charge is 2.30. The molecule has 0 aliphatic carbocycles. The molecule has 0 saturated carbocycles. The zero-order valence-electron chi connectivity index (χ0n) is 10.6. The molecule has 106 valence electrons. The lowest BCUT2D eigenvalue weighted by Crippen LogP contribution is -2.08. The van der Waals surface area contributed by atoms with Crippen molar-refractivity contribution in [1.29, 1.82) is 0 Å². The first-order valence-corrected chi connectivity index (χ1v) is 5.86. The van der Waals surface area contributed by atoms with Crippen molar-refractivity contribution in [3.63, 3.8) is 0 Å². The lowest BCUT2D eigenvalue weighted by molar-refractivity contribution is -0.137. The van der Waals surface area contributed by atoms with Gasteiger partial charge in [0.15, 0.2) is 0 Å². The monoisotopic (exact) mass is 282 g/mol. The van der Waals surface area contributed by atoms with Crippen LogP contribution in [0, 0.1) is 6.92 Å². The van der Waals surface area contributed by atoms with Crippen LogP contribution in [0.3, 0.4) is 0 Å². The summed E-state index contributed by atoms with van der Waals surface area (Å²) in [6.45, 7) is 1.79. The van der Waals surface area contributed by atoms with Crippen molar-refractivity contribution in [2.75, 3.05) is 5.73 Å². The van der Waals surface area contributed by atoms with Crippen molar-refractivity contribution < 1.29 is 18.3 Å². The number of aliphatic hydroxyl groups is 1. The van der Waals surface area contributed by atoms with Gasteiger partial charge in [-0.05, 0) is 36.2 Å². The Morgan fingerprint density at radius 1 is 1.20 bits per heavy atom. The van der Waals surface area contributed by atoms with E-state index in [1.54, 1.807) is 19.2 Å². The normalized spacial score (nSPS) is 13.2. The second-order valence-corrected chi connectivity index (χ2v) is 4.51. The first-order valence-electron chi connectivity index (χ1n) is 5.86. The third-order valence-electron chi connectivity index (χ3n) is 2.93. The zero-order valence-corrected chi connectivity index (χ0v) is 10.6. The van der Waals surface area contributed by atoms with E-state index in [2.05, 4.69) is 4.98 Å². The number of halogens is 3. The van der Waals surface area contributed by atoms with E-state index < -0.39 is 17.8 Å². The SMILES string of the molecule is Cc1cnc(N)c(C(O)c2ccc(C(F)(F)F)cc2)c1. The van der Waals surface area contributed by atoms with E-state index >= 15 is 0 Å². The highest BCUT2D eigenvalue weighted by atomic mass is 19.4. The van der Waals surface area contributed by atoms with Crippen LogP contribution in [0.25, 0.3) is 0 Å². The number of hydrogen-bond acceptors (Lipinski definition) is 3. The van der Waals surface area contributed by atoms with Crippen LogP contribution < -0.4 is 5.73 Å². The highest BCUT2D eigenvalue weighted by molar-refractivity contribution is 5.46. The molecule has 20 heavy (non-hydrogen) atoms. The van der Waals surface area contributed by atoms with Crippen LogP contribution in [0.15, 0.2) is 36.5 Å². The van der Waals surface area contributed by atoms with Gasteiger partial charge >= 0.3 is 6.18 Å². The Labute approximate surface area is 113 Å². The van der Waals surface area contributed by atoms with Crippen LogP contribution in [0.5, 0.6) is 0 Å². The fourth-order valence-corrected chi connectivity index (χ4v) is 1.86. The van der Waals surface area contributed by atoms with Gasteiger partial charge in [-0.25, -0.2) is 4.98 Å². The zero-order chi connectivity index (χ0) is 14.9. The first-order chi connectivity index (χ1) is 9.29. The summed E-state index contributed by atoms with van der Waals surface area (Å²) in [6.07, 6.45) is -3.95. The molecular formula is C14H13F3N2O. The predicted octanol–water partition coefficient (Wildman–Crippen LogP) is 3.07. The van der Waals surface area contributed by atoms with Gasteiger partial charge in [-0.1, -0.05) is 12.1 Å². The summed E-state index contributed by atoms with van der Waals surface area (Å²) in [5.74, 6) is 0.156. The van der Waals surface area contributed by atoms with Gasteiger partial charge in [-0.15, -0.1) is 0 Å². The van der Waals surface area contributed by atoms with Crippen LogP contribution in [-0.2, 0) is 6.18 Å². The Hall–Kier alpha value is -2.08. The minimum absolute atomic E-state index is 0.156. The van der Waals surface area contributed by atoms with E-state index in [0.29, 0.717) is 11.1 Å². The lowest BCUT2D eigenvalue weighted by Gasteiger charge is -2.15. The number of nitrogen functional groups attached to an aromatic ring is 1. The molecule has 1 heterocycles. The van der Waals surface area contributed by atoms with Gasteiger partial charge in [0.25, 0.3) is 0 Å². The standard InChI is InChI=1S/C14H13F3N2O/c1-8-6-11(13(18)19-7-8)12(20)9-2-4-10(5-3-9)14(15,16)17/h2-7,12,20H,1H3,(H2,18,19). The third-order valence-corrected chi connectivity index (χ3v) is 2.93. The van der Waals surface area contributed by atoms with E-state index in [9.17, 15) is 18.3 Å². The van der Waals surface area contributed by atoms with Crippen molar-refractivity contribution in [2.45, 2.75) is 19.2 Å². The van der Waals surface area contributed by atoms with E-state index in [0.717, 1.165) is 17.7 Å². The highest BCUT2D eigenvalue weighted by Crippen LogP contribution is 2.31. The van der Waals surface area contributed by atoms with Crippen molar-refractivity contribution in [3.05, 3.63) is 58.8 Å². The van der Waals surface area contributed by atoms with Gasteiger partial charge in [0, 0.05) is 11.8 Å². The molecule has 0 fully saturated rings. The van der Waals surface area contributed by atoms with Gasteiger partial charge in [0.05, 0.1) is 5.56 Å². The van der Waals surface area contributed by atoms with Gasteiger partial charge in [0.1, 0.15) is 11.9 Å². The molecule has 2 rings (SSSR count). The topological polar surface area (TPSA) is 59.1 Å². The number of hydrogen-bond donors (Lipinski definition) is 2. The van der Waals surface area contributed by atoms with E-state index in [1.165, 1.54) is 12.1 Å². The first kappa shape index (κ1) is 14.3. The molecule has 1 unspecified atom stereocenters. The Morgan fingerprint density at radius 2 is 1.80 bits per heavy atom. The second-order valence-electron chi connectivity index (χ2n) is 4.51. The molecule has 0 aliphatic rings. The maximum Gasteiger partial charge on any atom is 0.416 e. The Bertz CT molecular complexity index is 609. The quantitative estimate of drug-likeness (QED) is 0.890. The Balaban J connectivity index is 2.34. The molecule has 0 amide bonds. The molecule has 0 spiro atoms. The fourth-order valence-electron chi connectivity index (χ4n) is 1.86. The number of nitrogens with two attached hydrogens (primary N) is 1. The predicted molar refractivity (Wildman–Crippen MR) is 68.9 cm³/mol. The molecule has 6 heteroatoms. The van der Waals surface area contributed by atoms with Crippen molar-refractivity contribution >= 4 is 5.82 Å². The molecule has 1 atom stereocenters. The average Bonchev–Trinajstić information content (AvgIpc) is 2.40. The number of pyridine rings is 1. The minimum atomic E-state index is -4.40. The summed E-state index contributed by atoms with van der Waals surface area (Å²) in [4.78, 5) is 3.92. The Kier molecular flexibility index (Phi) is 3.67.